The van der Waals surface area contributed by atoms with Gasteiger partial charge < -0.3 is 15.2 Å². The van der Waals surface area contributed by atoms with E-state index in [4.69, 9.17) is 15.2 Å². The van der Waals surface area contributed by atoms with E-state index in [-0.39, 0.29) is 17.4 Å². The highest BCUT2D eigenvalue weighted by Crippen LogP contribution is 2.48. The molecule has 0 radical (unpaired) electrons. The van der Waals surface area contributed by atoms with Gasteiger partial charge in [0.15, 0.2) is 0 Å². The van der Waals surface area contributed by atoms with Crippen molar-refractivity contribution in [2.24, 2.45) is 11.7 Å². The zero-order valence-electron chi connectivity index (χ0n) is 14.6. The number of fused-ring (bicyclic) bond motifs is 3. The molecule has 140 valence electrons. The van der Waals surface area contributed by atoms with Crippen LogP contribution in [-0.2, 0) is 0 Å². The Balaban J connectivity index is 1.86. The normalized spacial score (nSPS) is 17.3. The maximum absolute atomic E-state index is 13.4. The fourth-order valence-corrected chi connectivity index (χ4v) is 3.08. The van der Waals surface area contributed by atoms with Crippen molar-refractivity contribution in [3.05, 3.63) is 42.2 Å². The largest absolute Gasteiger partial charge is 0.492 e. The van der Waals surface area contributed by atoms with Crippen molar-refractivity contribution < 1.29 is 22.6 Å². The van der Waals surface area contributed by atoms with Gasteiger partial charge in [-0.25, -0.2) is 0 Å². The van der Waals surface area contributed by atoms with Crippen LogP contribution in [0.1, 0.15) is 31.9 Å². The predicted octanol–water partition coefficient (Wildman–Crippen LogP) is 4.50. The number of hydrogen-bond donors (Lipinski definition) is 1. The van der Waals surface area contributed by atoms with Crippen molar-refractivity contribution >= 4 is 0 Å². The summed E-state index contributed by atoms with van der Waals surface area (Å²) in [6.45, 7) is 4.42. The number of nitrogens with two attached hydrogens (primary N) is 1. The van der Waals surface area contributed by atoms with E-state index in [1.807, 2.05) is 0 Å². The van der Waals surface area contributed by atoms with Gasteiger partial charge >= 0.3 is 6.18 Å². The van der Waals surface area contributed by atoms with Crippen LogP contribution in [0.4, 0.5) is 13.2 Å². The number of aromatic nitrogens is 1. The molecule has 0 saturated heterocycles. The van der Waals surface area contributed by atoms with Crippen molar-refractivity contribution in [2.75, 3.05) is 6.61 Å². The summed E-state index contributed by atoms with van der Waals surface area (Å²) in [5, 5.41) is 0. The third-order valence-electron chi connectivity index (χ3n) is 4.16. The topological polar surface area (TPSA) is 57.4 Å². The zero-order valence-corrected chi connectivity index (χ0v) is 14.6. The Kier molecular flexibility index (Phi) is 5.09. The summed E-state index contributed by atoms with van der Waals surface area (Å²) in [6, 6.07) is 6.32. The first-order valence-electron chi connectivity index (χ1n) is 8.45. The molecule has 1 aliphatic heterocycles. The van der Waals surface area contributed by atoms with Gasteiger partial charge in [0, 0.05) is 35.6 Å². The predicted molar refractivity (Wildman–Crippen MR) is 92.0 cm³/mol. The highest BCUT2D eigenvalue weighted by atomic mass is 19.4. The molecule has 2 heterocycles. The summed E-state index contributed by atoms with van der Waals surface area (Å²) in [7, 11) is 0. The first-order valence-corrected chi connectivity index (χ1v) is 8.45. The first kappa shape index (κ1) is 18.5. The molecule has 4 nitrogen and oxygen atoms in total. The molecule has 0 fully saturated rings. The lowest BCUT2D eigenvalue weighted by Crippen LogP contribution is -2.30. The monoisotopic (exact) mass is 366 g/mol. The summed E-state index contributed by atoms with van der Waals surface area (Å²) in [4.78, 5) is 3.81. The standard InChI is InChI=1S/C19H21F3N2O2/c1-11(2)7-12(23)10-25-13-3-4-15-14-5-6-24-9-16(14)18(19(20,21)22)26-17(15)8-13/h3-6,8-9,11-12,18H,7,10,23H2,1-2H3/t12-,18?/m0/s1. The van der Waals surface area contributed by atoms with Crippen LogP contribution in [-0.4, -0.2) is 23.8 Å². The number of rotatable bonds is 5. The molecule has 26 heavy (non-hydrogen) atoms. The van der Waals surface area contributed by atoms with Gasteiger partial charge in [-0.1, -0.05) is 13.8 Å². The molecule has 0 spiro atoms. The molecular weight excluding hydrogens is 345 g/mol. The number of benzene rings is 1. The molecular formula is C19H21F3N2O2. The Labute approximate surface area is 150 Å². The van der Waals surface area contributed by atoms with Crippen LogP contribution in [0.15, 0.2) is 36.7 Å². The van der Waals surface area contributed by atoms with Crippen LogP contribution < -0.4 is 15.2 Å². The lowest BCUT2D eigenvalue weighted by atomic mass is 9.94. The van der Waals surface area contributed by atoms with E-state index in [9.17, 15) is 13.2 Å². The molecule has 1 aromatic carbocycles. The zero-order chi connectivity index (χ0) is 18.9. The van der Waals surface area contributed by atoms with E-state index in [1.165, 1.54) is 18.5 Å². The minimum Gasteiger partial charge on any atom is -0.492 e. The number of pyridine rings is 1. The number of halogens is 3. The Morgan fingerprint density at radius 2 is 2.00 bits per heavy atom. The molecule has 7 heteroatoms. The number of alkyl halides is 3. The highest BCUT2D eigenvalue weighted by Gasteiger charge is 2.46. The van der Waals surface area contributed by atoms with Crippen LogP contribution in [0.25, 0.3) is 11.1 Å². The third kappa shape index (κ3) is 3.93. The molecule has 0 amide bonds. The third-order valence-corrected chi connectivity index (χ3v) is 4.16. The SMILES string of the molecule is CC(C)C[C@H](N)COc1ccc2c(c1)OC(C(F)(F)F)c1cnccc1-2. The van der Waals surface area contributed by atoms with E-state index in [0.717, 1.165) is 6.42 Å². The van der Waals surface area contributed by atoms with Gasteiger partial charge in [0.1, 0.15) is 18.1 Å². The van der Waals surface area contributed by atoms with Crippen LogP contribution in [0.5, 0.6) is 11.5 Å². The van der Waals surface area contributed by atoms with E-state index >= 15 is 0 Å². The summed E-state index contributed by atoms with van der Waals surface area (Å²) in [5.74, 6) is 1.01. The molecule has 1 aromatic heterocycles. The highest BCUT2D eigenvalue weighted by molar-refractivity contribution is 5.76. The van der Waals surface area contributed by atoms with Crippen LogP contribution in [0.2, 0.25) is 0 Å². The number of hydrogen-bond acceptors (Lipinski definition) is 4. The quantitative estimate of drug-likeness (QED) is 0.847. The lowest BCUT2D eigenvalue weighted by molar-refractivity contribution is -0.198. The minimum atomic E-state index is -4.54. The minimum absolute atomic E-state index is 0.0140. The van der Waals surface area contributed by atoms with E-state index in [1.54, 1.807) is 18.2 Å². The molecule has 1 aliphatic rings. The Morgan fingerprint density at radius 1 is 1.23 bits per heavy atom. The molecule has 2 N–H and O–H groups in total. The molecule has 2 atom stereocenters. The molecule has 0 aliphatic carbocycles. The number of ether oxygens (including phenoxy) is 2. The van der Waals surface area contributed by atoms with Crippen molar-refractivity contribution in [1.82, 2.24) is 4.98 Å². The van der Waals surface area contributed by atoms with Gasteiger partial charge in [-0.15, -0.1) is 0 Å². The number of nitrogens with zero attached hydrogens (tertiary/aromatic N) is 1. The van der Waals surface area contributed by atoms with Gasteiger partial charge in [0.25, 0.3) is 0 Å². The second-order valence-electron chi connectivity index (χ2n) is 6.86. The van der Waals surface area contributed by atoms with Crippen molar-refractivity contribution in [2.45, 2.75) is 38.6 Å². The van der Waals surface area contributed by atoms with E-state index in [2.05, 4.69) is 18.8 Å². The van der Waals surface area contributed by atoms with Crippen LogP contribution in [0, 0.1) is 5.92 Å². The van der Waals surface area contributed by atoms with Gasteiger partial charge in [0.05, 0.1) is 0 Å². The molecule has 2 aromatic rings. The second-order valence-corrected chi connectivity index (χ2v) is 6.86. The second kappa shape index (κ2) is 7.15. The average Bonchev–Trinajstić information content (AvgIpc) is 2.57. The van der Waals surface area contributed by atoms with Gasteiger partial charge in [-0.05, 0) is 36.1 Å². The molecule has 0 bridgehead atoms. The Hall–Kier alpha value is -2.28. The van der Waals surface area contributed by atoms with Crippen LogP contribution >= 0.6 is 0 Å². The maximum atomic E-state index is 13.4. The Morgan fingerprint density at radius 3 is 2.69 bits per heavy atom. The smallest absolute Gasteiger partial charge is 0.429 e. The lowest BCUT2D eigenvalue weighted by Gasteiger charge is -2.30. The molecule has 1 unspecified atom stereocenters. The van der Waals surface area contributed by atoms with Crippen molar-refractivity contribution in [3.63, 3.8) is 0 Å². The summed E-state index contributed by atoms with van der Waals surface area (Å²) in [5.41, 5.74) is 7.05. The molecule has 3 rings (SSSR count). The fraction of sp³-hybridized carbons (Fsp3) is 0.421. The Bertz CT molecular complexity index is 778. The van der Waals surface area contributed by atoms with Gasteiger partial charge in [-0.3, -0.25) is 4.98 Å². The summed E-state index contributed by atoms with van der Waals surface area (Å²) < 4.78 is 51.1. The average molecular weight is 366 g/mol. The van der Waals surface area contributed by atoms with Crippen LogP contribution in [0.3, 0.4) is 0 Å². The van der Waals surface area contributed by atoms with E-state index in [0.29, 0.717) is 29.4 Å². The molecule has 0 saturated carbocycles. The first-order chi connectivity index (χ1) is 12.3. The maximum Gasteiger partial charge on any atom is 0.429 e. The fourth-order valence-electron chi connectivity index (χ4n) is 3.08. The van der Waals surface area contributed by atoms with Crippen molar-refractivity contribution in [1.29, 1.82) is 0 Å². The van der Waals surface area contributed by atoms with Crippen molar-refractivity contribution in [3.8, 4) is 22.6 Å². The van der Waals surface area contributed by atoms with Gasteiger partial charge in [0.2, 0.25) is 6.10 Å². The summed E-state index contributed by atoms with van der Waals surface area (Å²) in [6.07, 6.45) is -3.11. The van der Waals surface area contributed by atoms with E-state index < -0.39 is 12.3 Å². The summed E-state index contributed by atoms with van der Waals surface area (Å²) >= 11 is 0. The van der Waals surface area contributed by atoms with Gasteiger partial charge in [-0.2, -0.15) is 13.2 Å².